The maximum absolute atomic E-state index is 5.76. The maximum Gasteiger partial charge on any atom is 0.142 e. The molecule has 6 heteroatoms. The van der Waals surface area contributed by atoms with Crippen molar-refractivity contribution in [3.8, 4) is 0 Å². The number of benzene rings is 1. The van der Waals surface area contributed by atoms with Gasteiger partial charge in [-0.15, -0.1) is 24.8 Å². The molecule has 0 radical (unpaired) electrons. The SMILES string of the molecule is CC1(CN)CNCC1=NOCc1ccccc1.Cl.Cl. The lowest BCUT2D eigenvalue weighted by atomic mass is 9.88. The van der Waals surface area contributed by atoms with Crippen molar-refractivity contribution in [3.05, 3.63) is 35.9 Å². The molecular weight excluding hydrogens is 285 g/mol. The molecule has 0 aliphatic carbocycles. The predicted molar refractivity (Wildman–Crippen MR) is 83.2 cm³/mol. The normalized spacial score (nSPS) is 23.6. The van der Waals surface area contributed by atoms with Crippen LogP contribution in [-0.4, -0.2) is 25.3 Å². The second kappa shape index (κ2) is 8.38. The number of hydrogen-bond acceptors (Lipinski definition) is 4. The Kier molecular flexibility index (Phi) is 8.02. The van der Waals surface area contributed by atoms with Gasteiger partial charge in [0.05, 0.1) is 5.71 Å². The van der Waals surface area contributed by atoms with Gasteiger partial charge in [0.1, 0.15) is 6.61 Å². The summed E-state index contributed by atoms with van der Waals surface area (Å²) in [5, 5.41) is 7.49. The van der Waals surface area contributed by atoms with Crippen molar-refractivity contribution in [3.63, 3.8) is 0 Å². The molecule has 1 aromatic rings. The van der Waals surface area contributed by atoms with E-state index in [9.17, 15) is 0 Å². The molecule has 1 fully saturated rings. The third-order valence-electron chi connectivity index (χ3n) is 3.20. The van der Waals surface area contributed by atoms with Crippen LogP contribution < -0.4 is 11.1 Å². The van der Waals surface area contributed by atoms with Crippen LogP contribution in [0.15, 0.2) is 35.5 Å². The van der Waals surface area contributed by atoms with Gasteiger partial charge in [0, 0.05) is 25.0 Å². The van der Waals surface area contributed by atoms with E-state index in [4.69, 9.17) is 10.6 Å². The van der Waals surface area contributed by atoms with Crippen molar-refractivity contribution in [1.29, 1.82) is 0 Å². The molecule has 1 atom stereocenters. The van der Waals surface area contributed by atoms with E-state index in [0.29, 0.717) is 13.2 Å². The highest BCUT2D eigenvalue weighted by Gasteiger charge is 2.34. The molecule has 0 bridgehead atoms. The van der Waals surface area contributed by atoms with Gasteiger partial charge in [0.2, 0.25) is 0 Å². The molecule has 1 aromatic carbocycles. The summed E-state index contributed by atoms with van der Waals surface area (Å²) in [6.45, 7) is 4.84. The van der Waals surface area contributed by atoms with Gasteiger partial charge in [0.15, 0.2) is 0 Å². The monoisotopic (exact) mass is 305 g/mol. The molecule has 1 aliphatic rings. The van der Waals surface area contributed by atoms with Crippen molar-refractivity contribution in [2.45, 2.75) is 13.5 Å². The zero-order valence-corrected chi connectivity index (χ0v) is 12.6. The number of oxime groups is 1. The third kappa shape index (κ3) is 4.66. The van der Waals surface area contributed by atoms with Crippen LogP contribution in [-0.2, 0) is 11.4 Å². The number of nitrogens with one attached hydrogen (secondary N) is 1. The summed E-state index contributed by atoms with van der Waals surface area (Å²) >= 11 is 0. The van der Waals surface area contributed by atoms with E-state index in [0.717, 1.165) is 24.4 Å². The van der Waals surface area contributed by atoms with E-state index in [-0.39, 0.29) is 30.2 Å². The largest absolute Gasteiger partial charge is 0.391 e. The summed E-state index contributed by atoms with van der Waals surface area (Å²) in [6, 6.07) is 10.0. The van der Waals surface area contributed by atoms with Gasteiger partial charge in [-0.2, -0.15) is 0 Å². The quantitative estimate of drug-likeness (QED) is 0.836. The highest BCUT2D eigenvalue weighted by atomic mass is 35.5. The average Bonchev–Trinajstić information content (AvgIpc) is 2.73. The van der Waals surface area contributed by atoms with Crippen LogP contribution in [0.5, 0.6) is 0 Å². The van der Waals surface area contributed by atoms with Gasteiger partial charge in [-0.3, -0.25) is 0 Å². The Morgan fingerprint density at radius 1 is 1.32 bits per heavy atom. The number of hydrogen-bond donors (Lipinski definition) is 2. The maximum atomic E-state index is 5.76. The lowest BCUT2D eigenvalue weighted by Gasteiger charge is -2.20. The molecule has 0 saturated carbocycles. The van der Waals surface area contributed by atoms with E-state index in [1.54, 1.807) is 0 Å². The molecule has 1 aliphatic heterocycles. The zero-order chi connectivity index (χ0) is 12.1. The van der Waals surface area contributed by atoms with Gasteiger partial charge in [-0.1, -0.05) is 42.4 Å². The third-order valence-corrected chi connectivity index (χ3v) is 3.20. The lowest BCUT2D eigenvalue weighted by molar-refractivity contribution is 0.128. The first-order valence-corrected chi connectivity index (χ1v) is 5.89. The molecular formula is C13H21Cl2N3O. The van der Waals surface area contributed by atoms with Crippen LogP contribution in [0.2, 0.25) is 0 Å². The fourth-order valence-corrected chi connectivity index (χ4v) is 1.86. The zero-order valence-electron chi connectivity index (χ0n) is 11.0. The minimum absolute atomic E-state index is 0. The molecule has 0 spiro atoms. The molecule has 108 valence electrons. The van der Waals surface area contributed by atoms with Crippen molar-refractivity contribution < 1.29 is 4.84 Å². The van der Waals surface area contributed by atoms with E-state index in [2.05, 4.69) is 17.4 Å². The van der Waals surface area contributed by atoms with Gasteiger partial charge in [0.25, 0.3) is 0 Å². The minimum Gasteiger partial charge on any atom is -0.391 e. The van der Waals surface area contributed by atoms with Gasteiger partial charge < -0.3 is 15.9 Å². The van der Waals surface area contributed by atoms with Crippen molar-refractivity contribution in [2.75, 3.05) is 19.6 Å². The molecule has 4 nitrogen and oxygen atoms in total. The van der Waals surface area contributed by atoms with Crippen LogP contribution in [0.25, 0.3) is 0 Å². The molecule has 1 saturated heterocycles. The molecule has 3 N–H and O–H groups in total. The van der Waals surface area contributed by atoms with E-state index >= 15 is 0 Å². The first-order valence-electron chi connectivity index (χ1n) is 5.89. The smallest absolute Gasteiger partial charge is 0.142 e. The first kappa shape index (κ1) is 18.2. The van der Waals surface area contributed by atoms with Crippen LogP contribution >= 0.6 is 24.8 Å². The Hall–Kier alpha value is -0.810. The second-order valence-corrected chi connectivity index (χ2v) is 4.67. The Morgan fingerprint density at radius 3 is 2.63 bits per heavy atom. The fourth-order valence-electron chi connectivity index (χ4n) is 1.86. The summed E-state index contributed by atoms with van der Waals surface area (Å²) in [4.78, 5) is 5.39. The fraction of sp³-hybridized carbons (Fsp3) is 0.462. The number of nitrogens with two attached hydrogens (primary N) is 1. The van der Waals surface area contributed by atoms with Crippen molar-refractivity contribution in [1.82, 2.24) is 5.32 Å². The van der Waals surface area contributed by atoms with E-state index in [1.807, 2.05) is 30.3 Å². The summed E-state index contributed by atoms with van der Waals surface area (Å²) in [5.41, 5.74) is 7.84. The summed E-state index contributed by atoms with van der Waals surface area (Å²) in [7, 11) is 0. The van der Waals surface area contributed by atoms with Gasteiger partial charge >= 0.3 is 0 Å². The van der Waals surface area contributed by atoms with Gasteiger partial charge in [-0.05, 0) is 5.56 Å². The molecule has 1 heterocycles. The van der Waals surface area contributed by atoms with Crippen molar-refractivity contribution in [2.24, 2.45) is 16.3 Å². The molecule has 0 aromatic heterocycles. The van der Waals surface area contributed by atoms with Crippen LogP contribution in [0.1, 0.15) is 12.5 Å². The van der Waals surface area contributed by atoms with Crippen molar-refractivity contribution >= 4 is 30.5 Å². The lowest BCUT2D eigenvalue weighted by Crippen LogP contribution is -2.35. The van der Waals surface area contributed by atoms with E-state index in [1.165, 1.54) is 0 Å². The Morgan fingerprint density at radius 2 is 2.00 bits per heavy atom. The molecule has 2 rings (SSSR count). The van der Waals surface area contributed by atoms with Crippen LogP contribution in [0.3, 0.4) is 0 Å². The standard InChI is InChI=1S/C13H19N3O.2ClH/c1-13(9-14)10-15-7-12(13)16-17-8-11-5-3-2-4-6-11;;/h2-6,15H,7-10,14H2,1H3;2*1H. The summed E-state index contributed by atoms with van der Waals surface area (Å²) in [5.74, 6) is 0. The van der Waals surface area contributed by atoms with Crippen LogP contribution in [0, 0.1) is 5.41 Å². The molecule has 0 amide bonds. The number of nitrogens with zero attached hydrogens (tertiary/aromatic N) is 1. The highest BCUT2D eigenvalue weighted by Crippen LogP contribution is 2.20. The van der Waals surface area contributed by atoms with E-state index < -0.39 is 0 Å². The van der Waals surface area contributed by atoms with Crippen LogP contribution in [0.4, 0.5) is 0 Å². The summed E-state index contributed by atoms with van der Waals surface area (Å²) in [6.07, 6.45) is 0. The number of halogens is 2. The Labute approximate surface area is 126 Å². The van der Waals surface area contributed by atoms with Gasteiger partial charge in [-0.25, -0.2) is 0 Å². The second-order valence-electron chi connectivity index (χ2n) is 4.67. The Bertz CT molecular complexity index is 400. The predicted octanol–water partition coefficient (Wildman–Crippen LogP) is 1.97. The average molecular weight is 306 g/mol. The summed E-state index contributed by atoms with van der Waals surface area (Å²) < 4.78 is 0. The topological polar surface area (TPSA) is 59.6 Å². The minimum atomic E-state index is -0.0588. The molecule has 1 unspecified atom stereocenters. The molecule has 19 heavy (non-hydrogen) atoms. The highest BCUT2D eigenvalue weighted by molar-refractivity contribution is 5.93. The Balaban J connectivity index is 0.00000162. The number of rotatable bonds is 4. The first-order chi connectivity index (χ1) is 8.24.